The number of benzene rings is 1. The maximum Gasteiger partial charge on any atom is 0.119 e. The van der Waals surface area contributed by atoms with Crippen LogP contribution in [0.4, 0.5) is 0 Å². The maximum atomic E-state index is 5.38. The standard InChI is InChI=1S/C18H30N2O/c1-5-12-20(7-3)17-11-8-14-13-15(21-4)9-10-16(14)18(17)19-6-2/h9-10,13,17-19H,5-8,11-12H2,1-4H3. The first-order valence-electron chi connectivity index (χ1n) is 8.39. The summed E-state index contributed by atoms with van der Waals surface area (Å²) in [5.74, 6) is 0.975. The summed E-state index contributed by atoms with van der Waals surface area (Å²) in [6.07, 6.45) is 3.60. The normalized spacial score (nSPS) is 21.4. The number of hydrogen-bond donors (Lipinski definition) is 1. The number of aryl methyl sites for hydroxylation is 1. The van der Waals surface area contributed by atoms with Gasteiger partial charge in [-0.3, -0.25) is 4.90 Å². The van der Waals surface area contributed by atoms with E-state index in [1.807, 2.05) is 0 Å². The van der Waals surface area contributed by atoms with E-state index in [4.69, 9.17) is 4.74 Å². The predicted molar refractivity (Wildman–Crippen MR) is 89.1 cm³/mol. The van der Waals surface area contributed by atoms with Gasteiger partial charge in [0.05, 0.1) is 7.11 Å². The second-order valence-corrected chi connectivity index (χ2v) is 5.83. The van der Waals surface area contributed by atoms with Crippen LogP contribution in [-0.4, -0.2) is 37.7 Å². The summed E-state index contributed by atoms with van der Waals surface area (Å²) in [4.78, 5) is 2.64. The van der Waals surface area contributed by atoms with Gasteiger partial charge in [0.2, 0.25) is 0 Å². The zero-order chi connectivity index (χ0) is 15.2. The highest BCUT2D eigenvalue weighted by atomic mass is 16.5. The van der Waals surface area contributed by atoms with Crippen molar-refractivity contribution in [1.29, 1.82) is 0 Å². The molecule has 0 bridgehead atoms. The first-order valence-corrected chi connectivity index (χ1v) is 8.39. The zero-order valence-electron chi connectivity index (χ0n) is 14.0. The lowest BCUT2D eigenvalue weighted by Gasteiger charge is -2.41. The first kappa shape index (κ1) is 16.3. The van der Waals surface area contributed by atoms with Crippen LogP contribution in [0.3, 0.4) is 0 Å². The number of nitrogens with zero attached hydrogens (tertiary/aromatic N) is 1. The maximum absolute atomic E-state index is 5.38. The van der Waals surface area contributed by atoms with Crippen molar-refractivity contribution in [1.82, 2.24) is 10.2 Å². The van der Waals surface area contributed by atoms with Crippen LogP contribution in [-0.2, 0) is 6.42 Å². The van der Waals surface area contributed by atoms with Crippen molar-refractivity contribution >= 4 is 0 Å². The molecule has 2 rings (SSSR count). The number of rotatable bonds is 7. The van der Waals surface area contributed by atoms with Crippen LogP contribution in [0.15, 0.2) is 18.2 Å². The predicted octanol–water partition coefficient (Wildman–Crippen LogP) is 3.39. The lowest BCUT2D eigenvalue weighted by molar-refractivity contribution is 0.147. The van der Waals surface area contributed by atoms with Crippen molar-refractivity contribution in [3.05, 3.63) is 29.3 Å². The molecular formula is C18H30N2O. The minimum Gasteiger partial charge on any atom is -0.497 e. The van der Waals surface area contributed by atoms with Gasteiger partial charge in [-0.15, -0.1) is 0 Å². The molecular weight excluding hydrogens is 260 g/mol. The molecule has 1 N–H and O–H groups in total. The molecule has 0 saturated heterocycles. The van der Waals surface area contributed by atoms with Gasteiger partial charge in [-0.2, -0.15) is 0 Å². The number of methoxy groups -OCH3 is 1. The molecule has 0 aromatic heterocycles. The van der Waals surface area contributed by atoms with Gasteiger partial charge >= 0.3 is 0 Å². The topological polar surface area (TPSA) is 24.5 Å². The number of nitrogens with one attached hydrogen (secondary N) is 1. The number of likely N-dealkylation sites (N-methyl/N-ethyl adjacent to an activating group) is 2. The third-order valence-electron chi connectivity index (χ3n) is 4.59. The van der Waals surface area contributed by atoms with Gasteiger partial charge in [0.1, 0.15) is 5.75 Å². The van der Waals surface area contributed by atoms with Gasteiger partial charge in [-0.1, -0.05) is 26.8 Å². The van der Waals surface area contributed by atoms with E-state index in [1.54, 1.807) is 7.11 Å². The number of hydrogen-bond acceptors (Lipinski definition) is 3. The van der Waals surface area contributed by atoms with E-state index in [0.29, 0.717) is 12.1 Å². The van der Waals surface area contributed by atoms with Crippen LogP contribution >= 0.6 is 0 Å². The molecule has 21 heavy (non-hydrogen) atoms. The molecule has 0 spiro atoms. The molecule has 0 saturated carbocycles. The summed E-state index contributed by atoms with van der Waals surface area (Å²) in [7, 11) is 1.75. The van der Waals surface area contributed by atoms with E-state index >= 15 is 0 Å². The van der Waals surface area contributed by atoms with Crippen LogP contribution in [0.5, 0.6) is 5.75 Å². The van der Waals surface area contributed by atoms with E-state index < -0.39 is 0 Å². The Morgan fingerprint density at radius 1 is 1.29 bits per heavy atom. The lowest BCUT2D eigenvalue weighted by Crippen LogP contribution is -2.47. The summed E-state index contributed by atoms with van der Waals surface area (Å²) in [5, 5.41) is 3.72. The fraction of sp³-hybridized carbons (Fsp3) is 0.667. The third kappa shape index (κ3) is 3.58. The SMILES string of the molecule is CCCN(CC)C1CCc2cc(OC)ccc2C1NCC. The first-order chi connectivity index (χ1) is 10.2. The fourth-order valence-electron chi connectivity index (χ4n) is 3.61. The molecule has 0 aliphatic heterocycles. The van der Waals surface area contributed by atoms with Gasteiger partial charge < -0.3 is 10.1 Å². The Bertz CT molecular complexity index is 447. The Balaban J connectivity index is 2.29. The summed E-state index contributed by atoms with van der Waals surface area (Å²) in [6.45, 7) is 10.1. The number of fused-ring (bicyclic) bond motifs is 1. The molecule has 2 unspecified atom stereocenters. The van der Waals surface area contributed by atoms with Crippen LogP contribution in [0.2, 0.25) is 0 Å². The fourth-order valence-corrected chi connectivity index (χ4v) is 3.61. The van der Waals surface area contributed by atoms with Crippen LogP contribution in [0.25, 0.3) is 0 Å². The van der Waals surface area contributed by atoms with Crippen LogP contribution in [0, 0.1) is 0 Å². The summed E-state index contributed by atoms with van der Waals surface area (Å²) >= 11 is 0. The average molecular weight is 290 g/mol. The minimum absolute atomic E-state index is 0.441. The lowest BCUT2D eigenvalue weighted by atomic mass is 9.83. The smallest absolute Gasteiger partial charge is 0.119 e. The van der Waals surface area contributed by atoms with Crippen molar-refractivity contribution in [2.75, 3.05) is 26.7 Å². The van der Waals surface area contributed by atoms with Crippen molar-refractivity contribution in [2.45, 2.75) is 52.1 Å². The molecule has 0 heterocycles. The Morgan fingerprint density at radius 2 is 2.10 bits per heavy atom. The van der Waals surface area contributed by atoms with E-state index in [9.17, 15) is 0 Å². The minimum atomic E-state index is 0.441. The molecule has 1 aliphatic carbocycles. The van der Waals surface area contributed by atoms with Crippen molar-refractivity contribution in [3.63, 3.8) is 0 Å². The molecule has 1 aliphatic rings. The average Bonchev–Trinajstić information content (AvgIpc) is 2.53. The van der Waals surface area contributed by atoms with Crippen molar-refractivity contribution in [3.8, 4) is 5.75 Å². The molecule has 1 aromatic rings. The largest absolute Gasteiger partial charge is 0.497 e. The second-order valence-electron chi connectivity index (χ2n) is 5.83. The number of ether oxygens (including phenoxy) is 1. The summed E-state index contributed by atoms with van der Waals surface area (Å²) < 4.78 is 5.38. The quantitative estimate of drug-likeness (QED) is 0.833. The van der Waals surface area contributed by atoms with Gasteiger partial charge in [-0.05, 0) is 62.2 Å². The highest BCUT2D eigenvalue weighted by Gasteiger charge is 2.32. The zero-order valence-corrected chi connectivity index (χ0v) is 14.0. The van der Waals surface area contributed by atoms with Crippen molar-refractivity contribution in [2.24, 2.45) is 0 Å². The van der Waals surface area contributed by atoms with E-state index in [1.165, 1.54) is 30.5 Å². The Morgan fingerprint density at radius 3 is 2.71 bits per heavy atom. The third-order valence-corrected chi connectivity index (χ3v) is 4.59. The van der Waals surface area contributed by atoms with Crippen molar-refractivity contribution < 1.29 is 4.74 Å². The second kappa shape index (κ2) is 7.81. The molecule has 1 aromatic carbocycles. The van der Waals surface area contributed by atoms with Gasteiger partial charge in [0.15, 0.2) is 0 Å². The summed E-state index contributed by atoms with van der Waals surface area (Å²) in [6, 6.07) is 7.62. The van der Waals surface area contributed by atoms with Gasteiger partial charge in [0, 0.05) is 12.1 Å². The molecule has 3 heteroatoms. The molecule has 3 nitrogen and oxygen atoms in total. The Labute approximate surface area is 129 Å². The molecule has 0 amide bonds. The van der Waals surface area contributed by atoms with Gasteiger partial charge in [-0.25, -0.2) is 0 Å². The Kier molecular flexibility index (Phi) is 6.07. The molecule has 118 valence electrons. The van der Waals surface area contributed by atoms with Crippen LogP contribution < -0.4 is 10.1 Å². The Hall–Kier alpha value is -1.06. The van der Waals surface area contributed by atoms with Crippen LogP contribution in [0.1, 0.15) is 50.8 Å². The monoisotopic (exact) mass is 290 g/mol. The molecule has 0 radical (unpaired) electrons. The van der Waals surface area contributed by atoms with E-state index in [-0.39, 0.29) is 0 Å². The highest BCUT2D eigenvalue weighted by Crippen LogP contribution is 2.35. The highest BCUT2D eigenvalue weighted by molar-refractivity contribution is 5.40. The van der Waals surface area contributed by atoms with E-state index in [2.05, 4.69) is 49.2 Å². The van der Waals surface area contributed by atoms with Gasteiger partial charge in [0.25, 0.3) is 0 Å². The van der Waals surface area contributed by atoms with E-state index in [0.717, 1.165) is 25.3 Å². The molecule has 2 atom stereocenters. The molecule has 0 fully saturated rings. The summed E-state index contributed by atoms with van der Waals surface area (Å²) in [5.41, 5.74) is 2.91.